The van der Waals surface area contributed by atoms with Crippen LogP contribution in [0.25, 0.3) is 0 Å². The highest BCUT2D eigenvalue weighted by Crippen LogP contribution is 2.40. The van der Waals surface area contributed by atoms with E-state index in [0.717, 1.165) is 23.3 Å². The Morgan fingerprint density at radius 3 is 2.36 bits per heavy atom. The van der Waals surface area contributed by atoms with Crippen LogP contribution in [0.5, 0.6) is 5.75 Å². The highest BCUT2D eigenvalue weighted by atomic mass is 32.2. The predicted octanol–water partition coefficient (Wildman–Crippen LogP) is 4.82. The lowest BCUT2D eigenvalue weighted by molar-refractivity contribution is 0.0925. The van der Waals surface area contributed by atoms with Crippen LogP contribution in [0.15, 0.2) is 53.4 Å². The van der Waals surface area contributed by atoms with Crippen LogP contribution in [0.4, 0.5) is 15.5 Å². The Morgan fingerprint density at radius 2 is 1.72 bits per heavy atom. The van der Waals surface area contributed by atoms with Crippen LogP contribution in [0.3, 0.4) is 0 Å². The molecule has 39 heavy (non-hydrogen) atoms. The van der Waals surface area contributed by atoms with E-state index in [1.807, 2.05) is 0 Å². The van der Waals surface area contributed by atoms with Gasteiger partial charge in [-0.15, -0.1) is 11.3 Å². The zero-order valence-electron chi connectivity index (χ0n) is 21.7. The molecule has 0 saturated carbocycles. The molecule has 2 aromatic carbocycles. The lowest BCUT2D eigenvalue weighted by atomic mass is 9.88. The number of carbonyl (C=O) groups is 3. The molecule has 4 rings (SSSR count). The molecule has 0 bridgehead atoms. The summed E-state index contributed by atoms with van der Waals surface area (Å²) in [4.78, 5) is 39.0. The summed E-state index contributed by atoms with van der Waals surface area (Å²) in [5.41, 5.74) is 1.64. The van der Waals surface area contributed by atoms with E-state index < -0.39 is 27.9 Å². The number of benzene rings is 2. The summed E-state index contributed by atoms with van der Waals surface area (Å²) < 4.78 is 37.8. The molecule has 0 fully saturated rings. The molecular formula is C27H29N3O7S2. The van der Waals surface area contributed by atoms with Gasteiger partial charge in [0.1, 0.15) is 10.8 Å². The second-order valence-electron chi connectivity index (χ2n) is 9.04. The zero-order valence-corrected chi connectivity index (χ0v) is 23.3. The van der Waals surface area contributed by atoms with Crippen molar-refractivity contribution >= 4 is 50.0 Å². The molecule has 0 aliphatic heterocycles. The quantitative estimate of drug-likeness (QED) is 0.352. The van der Waals surface area contributed by atoms with E-state index in [1.54, 1.807) is 19.1 Å². The standard InChI is InChI=1S/C27H29N3O7S2/c1-4-37-27(33)29-25(32)23-21-14-5-16(2)15-22(21)38-26(23)28-24(31)17-6-8-18(9-7-17)30-39(34,35)20-12-10-19(36-3)11-13-20/h6-13,16,30H,4-5,14-15H2,1-3H3,(H,28,31)(H,29,32,33). The van der Waals surface area contributed by atoms with Crippen LogP contribution < -0.4 is 20.1 Å². The van der Waals surface area contributed by atoms with Crippen LogP contribution in [0.2, 0.25) is 0 Å². The molecule has 1 aliphatic rings. The number of hydrogen-bond donors (Lipinski definition) is 3. The molecular weight excluding hydrogens is 542 g/mol. The van der Waals surface area contributed by atoms with Crippen molar-refractivity contribution in [2.75, 3.05) is 23.8 Å². The molecule has 3 amide bonds. The molecule has 1 atom stereocenters. The molecule has 0 saturated heterocycles. The van der Waals surface area contributed by atoms with E-state index in [9.17, 15) is 22.8 Å². The van der Waals surface area contributed by atoms with Crippen molar-refractivity contribution in [3.63, 3.8) is 0 Å². The molecule has 1 aliphatic carbocycles. The Hall–Kier alpha value is -3.90. The Kier molecular flexibility index (Phi) is 8.56. The Bertz CT molecular complexity index is 1480. The average Bonchev–Trinajstić information content (AvgIpc) is 3.25. The largest absolute Gasteiger partial charge is 0.497 e. The summed E-state index contributed by atoms with van der Waals surface area (Å²) in [6.45, 7) is 3.89. The van der Waals surface area contributed by atoms with E-state index in [4.69, 9.17) is 9.47 Å². The Balaban J connectivity index is 1.51. The third-order valence-electron chi connectivity index (χ3n) is 6.23. The minimum absolute atomic E-state index is 0.0646. The van der Waals surface area contributed by atoms with Crippen molar-refractivity contribution in [1.82, 2.24) is 5.32 Å². The third kappa shape index (κ3) is 6.58. The van der Waals surface area contributed by atoms with E-state index in [1.165, 1.54) is 54.8 Å². The summed E-state index contributed by atoms with van der Waals surface area (Å²) in [6, 6.07) is 11.9. The molecule has 3 N–H and O–H groups in total. The highest BCUT2D eigenvalue weighted by Gasteiger charge is 2.29. The average molecular weight is 572 g/mol. The number of imide groups is 1. The number of amides is 3. The summed E-state index contributed by atoms with van der Waals surface area (Å²) in [7, 11) is -2.35. The van der Waals surface area contributed by atoms with Crippen LogP contribution in [0, 0.1) is 5.92 Å². The SMILES string of the molecule is CCOC(=O)NC(=O)c1c(NC(=O)c2ccc(NS(=O)(=O)c3ccc(OC)cc3)cc2)sc2c1CCC(C)C2. The van der Waals surface area contributed by atoms with Gasteiger partial charge in [-0.2, -0.15) is 0 Å². The van der Waals surface area contributed by atoms with Crippen molar-refractivity contribution in [3.8, 4) is 5.75 Å². The van der Waals surface area contributed by atoms with Gasteiger partial charge in [-0.05, 0) is 86.2 Å². The fraction of sp³-hybridized carbons (Fsp3) is 0.296. The van der Waals surface area contributed by atoms with Gasteiger partial charge in [0.2, 0.25) is 0 Å². The molecule has 0 radical (unpaired) electrons. The van der Waals surface area contributed by atoms with Gasteiger partial charge in [-0.1, -0.05) is 6.92 Å². The van der Waals surface area contributed by atoms with E-state index in [-0.39, 0.29) is 28.3 Å². The number of rotatable bonds is 8. The fourth-order valence-corrected chi connectivity index (χ4v) is 6.70. The fourth-order valence-electron chi connectivity index (χ4n) is 4.24. The molecule has 3 aromatic rings. The molecule has 0 spiro atoms. The first kappa shape index (κ1) is 28.1. The number of nitrogens with one attached hydrogen (secondary N) is 3. The third-order valence-corrected chi connectivity index (χ3v) is 8.79. The van der Waals surface area contributed by atoms with Gasteiger partial charge in [-0.25, -0.2) is 13.2 Å². The predicted molar refractivity (Wildman–Crippen MR) is 148 cm³/mol. The van der Waals surface area contributed by atoms with Crippen molar-refractivity contribution in [2.45, 2.75) is 38.0 Å². The number of alkyl carbamates (subject to hydrolysis) is 1. The minimum atomic E-state index is -3.84. The topological polar surface area (TPSA) is 140 Å². The van der Waals surface area contributed by atoms with E-state index in [2.05, 4.69) is 22.3 Å². The molecule has 1 aromatic heterocycles. The van der Waals surface area contributed by atoms with Gasteiger partial charge in [0, 0.05) is 16.1 Å². The van der Waals surface area contributed by atoms with Crippen LogP contribution in [-0.4, -0.2) is 40.0 Å². The lowest BCUT2D eigenvalue weighted by Crippen LogP contribution is -2.32. The molecule has 1 heterocycles. The smallest absolute Gasteiger partial charge is 0.414 e. The number of ether oxygens (including phenoxy) is 2. The lowest BCUT2D eigenvalue weighted by Gasteiger charge is -2.18. The summed E-state index contributed by atoms with van der Waals surface area (Å²) in [6.07, 6.45) is 1.48. The second-order valence-corrected chi connectivity index (χ2v) is 11.8. The van der Waals surface area contributed by atoms with Gasteiger partial charge >= 0.3 is 6.09 Å². The van der Waals surface area contributed by atoms with Gasteiger partial charge in [-0.3, -0.25) is 19.6 Å². The number of fused-ring (bicyclic) bond motifs is 1. The van der Waals surface area contributed by atoms with E-state index >= 15 is 0 Å². The summed E-state index contributed by atoms with van der Waals surface area (Å²) >= 11 is 1.32. The normalized spacial score (nSPS) is 14.6. The molecule has 12 heteroatoms. The van der Waals surface area contributed by atoms with Crippen molar-refractivity contribution in [1.29, 1.82) is 0 Å². The Labute approximate surface area is 230 Å². The second kappa shape index (κ2) is 11.9. The van der Waals surface area contributed by atoms with E-state index in [0.29, 0.717) is 23.1 Å². The minimum Gasteiger partial charge on any atom is -0.497 e. The van der Waals surface area contributed by atoms with Gasteiger partial charge < -0.3 is 14.8 Å². The van der Waals surface area contributed by atoms with Gasteiger partial charge in [0.15, 0.2) is 0 Å². The number of sulfonamides is 1. The number of anilines is 2. The molecule has 206 valence electrons. The number of methoxy groups -OCH3 is 1. The maximum Gasteiger partial charge on any atom is 0.414 e. The van der Waals surface area contributed by atoms with Crippen LogP contribution in [0.1, 0.15) is 51.4 Å². The number of thiophene rings is 1. The first-order chi connectivity index (χ1) is 18.6. The first-order valence-corrected chi connectivity index (χ1v) is 14.6. The van der Waals surface area contributed by atoms with Crippen molar-refractivity contribution in [3.05, 3.63) is 70.1 Å². The number of hydrogen-bond acceptors (Lipinski definition) is 8. The Morgan fingerprint density at radius 1 is 1.03 bits per heavy atom. The zero-order chi connectivity index (χ0) is 28.2. The molecule has 10 nitrogen and oxygen atoms in total. The van der Waals surface area contributed by atoms with Crippen molar-refractivity contribution in [2.24, 2.45) is 5.92 Å². The van der Waals surface area contributed by atoms with Gasteiger partial charge in [0.25, 0.3) is 21.8 Å². The van der Waals surface area contributed by atoms with Gasteiger partial charge in [0.05, 0.1) is 24.2 Å². The van der Waals surface area contributed by atoms with Crippen LogP contribution >= 0.6 is 11.3 Å². The summed E-state index contributed by atoms with van der Waals surface area (Å²) in [5, 5.41) is 5.39. The van der Waals surface area contributed by atoms with Crippen LogP contribution in [-0.2, 0) is 27.6 Å². The van der Waals surface area contributed by atoms with Crippen molar-refractivity contribution < 1.29 is 32.3 Å². The summed E-state index contributed by atoms with van der Waals surface area (Å²) in [5.74, 6) is -0.127. The monoisotopic (exact) mass is 571 g/mol. The maximum absolute atomic E-state index is 13.1. The number of carbonyl (C=O) groups excluding carboxylic acids is 3. The maximum atomic E-state index is 13.1. The molecule has 1 unspecified atom stereocenters. The first-order valence-electron chi connectivity index (χ1n) is 12.3. The highest BCUT2D eigenvalue weighted by molar-refractivity contribution is 7.92.